The molecule has 0 saturated carbocycles. The molecule has 26 nitrogen and oxygen atoms in total. The Morgan fingerprint density at radius 2 is 1.37 bits per heavy atom. The second kappa shape index (κ2) is 32.4. The Labute approximate surface area is 489 Å². The number of fused-ring (bicyclic) bond motifs is 1. The van der Waals surface area contributed by atoms with E-state index in [9.17, 15) is 43.5 Å². The summed E-state index contributed by atoms with van der Waals surface area (Å²) in [6, 6.07) is 4.81. The first-order chi connectivity index (χ1) is 39.9. The Morgan fingerprint density at radius 1 is 0.747 bits per heavy atom. The summed E-state index contributed by atoms with van der Waals surface area (Å²) in [5.41, 5.74) is 13.2. The fourth-order valence-electron chi connectivity index (χ4n) is 10.4. The Balaban J connectivity index is 1.35. The molecular weight excluding hydrogens is 1110 g/mol. The van der Waals surface area contributed by atoms with E-state index in [0.717, 1.165) is 21.7 Å². The van der Waals surface area contributed by atoms with Gasteiger partial charge in [0, 0.05) is 75.1 Å². The van der Waals surface area contributed by atoms with Crippen molar-refractivity contribution in [1.82, 2.24) is 62.6 Å². The average molecular weight is 1190 g/mol. The van der Waals surface area contributed by atoms with Crippen molar-refractivity contribution < 1.29 is 53.1 Å². The molecule has 3 aliphatic rings. The molecule has 0 aliphatic carbocycles. The number of nitrogens with two attached hydrogens (primary N) is 2. The first-order valence-corrected chi connectivity index (χ1v) is 30.6. The van der Waals surface area contributed by atoms with Crippen LogP contribution >= 0.6 is 21.6 Å². The fourth-order valence-corrected chi connectivity index (χ4v) is 12.6. The monoisotopic (exact) mass is 1190 g/mol. The second-order valence-electron chi connectivity index (χ2n) is 20.7. The summed E-state index contributed by atoms with van der Waals surface area (Å²) >= 11 is 0. The van der Waals surface area contributed by atoms with Crippen LogP contribution in [0.25, 0.3) is 10.9 Å². The predicted octanol–water partition coefficient (Wildman–Crippen LogP) is -1.74. The summed E-state index contributed by atoms with van der Waals surface area (Å²) in [5.74, 6) is -7.01. The Bertz CT molecular complexity index is 2770. The van der Waals surface area contributed by atoms with Gasteiger partial charge in [-0.25, -0.2) is 0 Å². The van der Waals surface area contributed by atoms with Crippen molar-refractivity contribution in [2.45, 2.75) is 138 Å². The van der Waals surface area contributed by atoms with Gasteiger partial charge in [0.15, 0.2) is 5.96 Å². The zero-order chi connectivity index (χ0) is 60.0. The average Bonchev–Trinajstić information content (AvgIpc) is 4.41. The minimum absolute atomic E-state index is 0.000245. The number of benzene rings is 2. The van der Waals surface area contributed by atoms with Crippen molar-refractivity contribution in [2.75, 3.05) is 51.3 Å². The summed E-state index contributed by atoms with van der Waals surface area (Å²) in [5, 5.41) is 43.1. The molecule has 3 aromatic rings. The van der Waals surface area contributed by atoms with Crippen LogP contribution in [0, 0.1) is 5.41 Å². The number of rotatable bonds is 19. The first-order valence-electron chi connectivity index (χ1n) is 28.1. The molecule has 9 atom stereocenters. The van der Waals surface area contributed by atoms with Crippen LogP contribution in [-0.4, -0.2) is 191 Å². The maximum Gasteiger partial charge on any atom is 0.246 e. The molecule has 3 fully saturated rings. The highest BCUT2D eigenvalue weighted by atomic mass is 33.1. The van der Waals surface area contributed by atoms with E-state index in [-0.39, 0.29) is 81.5 Å². The molecule has 3 saturated heterocycles. The number of nitrogens with one attached hydrogen (secondary N) is 11. The number of para-hydroxylation sites is 1. The quantitative estimate of drug-likeness (QED) is 0.0274. The molecule has 16 N–H and O–H groups in total. The van der Waals surface area contributed by atoms with Crippen LogP contribution in [0.5, 0.6) is 0 Å². The Morgan fingerprint density at radius 3 is 2.06 bits per heavy atom. The zero-order valence-electron chi connectivity index (χ0n) is 46.8. The van der Waals surface area contributed by atoms with Crippen LogP contribution in [0.2, 0.25) is 0 Å². The summed E-state index contributed by atoms with van der Waals surface area (Å²) in [6.07, 6.45) is 4.62. The lowest BCUT2D eigenvalue weighted by Gasteiger charge is -2.33. The second-order valence-corrected chi connectivity index (χ2v) is 23.3. The molecule has 10 amide bonds. The number of likely N-dealkylation sites (N-methyl/N-ethyl adjacent to an activating group) is 1. The highest BCUT2D eigenvalue weighted by molar-refractivity contribution is 8.76. The van der Waals surface area contributed by atoms with Crippen LogP contribution < -0.4 is 59.3 Å². The third-order valence-corrected chi connectivity index (χ3v) is 17.1. The summed E-state index contributed by atoms with van der Waals surface area (Å²) in [6.45, 7) is 1.18. The SMILES string of the molecule is CNC(=O)[C@H](CCCCN)NC(=O)[C@@H]1CCCN1C(=O)[C@@H]1CCCN1C(=O)[C@@H]1CSSCC[C@H](NC(C)=O)C(=O)N[C@@H](CO)C(=O)N[C@H](Cc2ccccc2)C(=O)N[C@@H](CCCNC(=N)N)C(=O)N[C@@H](Cc2c[nH]c3ccccc23)C(=O)N1. The van der Waals surface area contributed by atoms with Gasteiger partial charge in [-0.2, -0.15) is 0 Å². The van der Waals surface area contributed by atoms with Crippen molar-refractivity contribution >= 4 is 97.5 Å². The standard InChI is InChI=1S/C55H79N15O11S2/c1-32(72)62-39-21-26-82-83-31-43(53(80)70-25-12-20-45(70)54(81)69-24-11-19-44(69)52(79)64-37(46(73)59-2)17-8-9-22-56)68-50(77)41(28-34-29-61-36-16-7-6-15-35(34)36)66-47(74)38(18-10-23-60-55(57)58)63-49(76)40(27-33-13-4-3-5-14-33)65-51(78)42(30-71)67-48(39)75/h3-7,13-16,29,37-45,61,71H,8-12,17-28,30-31,56H2,1-2H3,(H,59,73)(H,62,72)(H,63,76)(H,64,79)(H,65,78)(H,66,74)(H,67,75)(H,68,77)(H4,57,58,60)/t37-,38-,39-,40+,41-,42-,43-,44-,45-/m0/s1. The molecule has 4 heterocycles. The largest absolute Gasteiger partial charge is 0.394 e. The van der Waals surface area contributed by atoms with Crippen molar-refractivity contribution in [1.29, 1.82) is 5.41 Å². The molecule has 0 bridgehead atoms. The summed E-state index contributed by atoms with van der Waals surface area (Å²) < 4.78 is 0. The van der Waals surface area contributed by atoms with Gasteiger partial charge in [-0.05, 0) is 87.9 Å². The molecular formula is C55H79N15O11S2. The van der Waals surface area contributed by atoms with Crippen LogP contribution in [-0.2, 0) is 60.8 Å². The van der Waals surface area contributed by atoms with E-state index in [1.54, 1.807) is 36.5 Å². The van der Waals surface area contributed by atoms with Gasteiger partial charge >= 0.3 is 0 Å². The molecule has 0 spiro atoms. The molecule has 83 heavy (non-hydrogen) atoms. The molecule has 0 radical (unpaired) electrons. The number of H-pyrrole nitrogens is 1. The number of aromatic nitrogens is 1. The van der Waals surface area contributed by atoms with Crippen LogP contribution in [0.1, 0.15) is 82.3 Å². The number of unbranched alkanes of at least 4 members (excludes halogenated alkanes) is 1. The number of aliphatic hydroxyl groups excluding tert-OH is 1. The normalized spacial score (nSPS) is 23.7. The molecule has 6 rings (SSSR count). The molecule has 0 unspecified atom stereocenters. The number of aliphatic hydroxyl groups is 1. The van der Waals surface area contributed by atoms with E-state index in [1.165, 1.54) is 34.6 Å². The third kappa shape index (κ3) is 18.8. The smallest absolute Gasteiger partial charge is 0.246 e. The van der Waals surface area contributed by atoms with Gasteiger partial charge in [-0.3, -0.25) is 53.4 Å². The van der Waals surface area contributed by atoms with Gasteiger partial charge in [0.25, 0.3) is 0 Å². The van der Waals surface area contributed by atoms with Crippen molar-refractivity contribution in [2.24, 2.45) is 11.5 Å². The van der Waals surface area contributed by atoms with E-state index < -0.39 is 114 Å². The number of amides is 10. The van der Waals surface area contributed by atoms with Crippen LogP contribution in [0.3, 0.4) is 0 Å². The molecule has 1 aromatic heterocycles. The topological polar surface area (TPSA) is 397 Å². The van der Waals surface area contributed by atoms with E-state index in [1.807, 2.05) is 24.3 Å². The predicted molar refractivity (Wildman–Crippen MR) is 314 cm³/mol. The molecule has 452 valence electrons. The van der Waals surface area contributed by atoms with Crippen molar-refractivity contribution in [3.63, 3.8) is 0 Å². The Kier molecular flexibility index (Phi) is 25.3. The van der Waals surface area contributed by atoms with Gasteiger partial charge < -0.3 is 79.2 Å². The van der Waals surface area contributed by atoms with Crippen molar-refractivity contribution in [3.8, 4) is 0 Å². The number of likely N-dealkylation sites (tertiary alicyclic amines) is 2. The lowest BCUT2D eigenvalue weighted by molar-refractivity contribution is -0.148. The van der Waals surface area contributed by atoms with Gasteiger partial charge in [0.2, 0.25) is 59.1 Å². The minimum atomic E-state index is -1.60. The minimum Gasteiger partial charge on any atom is -0.394 e. The lowest BCUT2D eigenvalue weighted by Crippen LogP contribution is -2.61. The maximum absolute atomic E-state index is 15.2. The molecule has 2 aromatic carbocycles. The Hall–Kier alpha value is -7.43. The van der Waals surface area contributed by atoms with E-state index >= 15 is 9.59 Å². The fraction of sp³-hybridized carbons (Fsp3) is 0.545. The summed E-state index contributed by atoms with van der Waals surface area (Å²) in [7, 11) is 3.84. The summed E-state index contributed by atoms with van der Waals surface area (Å²) in [4.78, 5) is 147. The first kappa shape index (κ1) is 64.7. The van der Waals surface area contributed by atoms with Crippen LogP contribution in [0.4, 0.5) is 0 Å². The molecule has 3 aliphatic heterocycles. The molecule has 28 heteroatoms. The van der Waals surface area contributed by atoms with E-state index in [0.29, 0.717) is 56.2 Å². The van der Waals surface area contributed by atoms with Gasteiger partial charge in [-0.15, -0.1) is 0 Å². The maximum atomic E-state index is 15.2. The van der Waals surface area contributed by atoms with Gasteiger partial charge in [0.05, 0.1) is 6.61 Å². The highest BCUT2D eigenvalue weighted by Gasteiger charge is 2.45. The number of guanidine groups is 1. The number of nitrogens with zero attached hydrogens (tertiary/aromatic N) is 2. The number of aromatic amines is 1. The van der Waals surface area contributed by atoms with E-state index in [2.05, 4.69) is 52.8 Å². The van der Waals surface area contributed by atoms with Crippen LogP contribution in [0.15, 0.2) is 60.8 Å². The zero-order valence-corrected chi connectivity index (χ0v) is 48.4. The number of carbonyl (C=O) groups excluding carboxylic acids is 10. The number of hydrogen-bond donors (Lipinski definition) is 14. The number of hydrogen-bond acceptors (Lipinski definition) is 15. The van der Waals surface area contributed by atoms with Gasteiger partial charge in [0.1, 0.15) is 54.4 Å². The third-order valence-electron chi connectivity index (χ3n) is 14.7. The number of carbonyl (C=O) groups is 10. The van der Waals surface area contributed by atoms with E-state index in [4.69, 9.17) is 16.9 Å². The lowest BCUT2D eigenvalue weighted by atomic mass is 10.0. The van der Waals surface area contributed by atoms with Crippen molar-refractivity contribution in [3.05, 3.63) is 71.9 Å². The van der Waals surface area contributed by atoms with Gasteiger partial charge in [-0.1, -0.05) is 70.1 Å². The highest BCUT2D eigenvalue weighted by Crippen LogP contribution is 2.29.